The molecule has 25 heavy (non-hydrogen) atoms. The second kappa shape index (κ2) is 6.01. The van der Waals surface area contributed by atoms with Crippen LogP contribution in [0.1, 0.15) is 24.2 Å². The Morgan fingerprint density at radius 1 is 1.20 bits per heavy atom. The van der Waals surface area contributed by atoms with E-state index in [1.165, 1.54) is 6.33 Å². The summed E-state index contributed by atoms with van der Waals surface area (Å²) in [5.41, 5.74) is 3.42. The zero-order valence-electron chi connectivity index (χ0n) is 14.0. The Labute approximate surface area is 144 Å². The predicted molar refractivity (Wildman–Crippen MR) is 95.0 cm³/mol. The normalized spacial score (nSPS) is 19.2. The van der Waals surface area contributed by atoms with Gasteiger partial charge < -0.3 is 10.3 Å². The smallest absolute Gasteiger partial charge is 0.248 e. The van der Waals surface area contributed by atoms with Gasteiger partial charge in [0.1, 0.15) is 18.3 Å². The van der Waals surface area contributed by atoms with E-state index in [9.17, 15) is 4.79 Å². The Morgan fingerprint density at radius 3 is 2.80 bits per heavy atom. The molecule has 0 saturated carbocycles. The van der Waals surface area contributed by atoms with E-state index in [0.717, 1.165) is 16.9 Å². The van der Waals surface area contributed by atoms with Gasteiger partial charge in [0.2, 0.25) is 11.9 Å². The second-order valence-corrected chi connectivity index (χ2v) is 6.11. The second-order valence-electron chi connectivity index (χ2n) is 6.11. The Bertz CT molecular complexity index is 940. The molecule has 0 fully saturated rings. The first-order valence-electron chi connectivity index (χ1n) is 8.09. The van der Waals surface area contributed by atoms with Crippen molar-refractivity contribution >= 4 is 23.3 Å². The van der Waals surface area contributed by atoms with Crippen LogP contribution in [0, 0.1) is 12.8 Å². The van der Waals surface area contributed by atoms with Gasteiger partial charge in [-0.1, -0.05) is 18.2 Å². The van der Waals surface area contributed by atoms with Crippen molar-refractivity contribution in [2.24, 2.45) is 10.9 Å². The van der Waals surface area contributed by atoms with Gasteiger partial charge >= 0.3 is 0 Å². The number of carbonyl (C=O) groups excluding carboxylic acids is 1. The Hall–Kier alpha value is -3.22. The average Bonchev–Trinajstić information content (AvgIpc) is 3.26. The van der Waals surface area contributed by atoms with Gasteiger partial charge in [0, 0.05) is 23.3 Å². The minimum absolute atomic E-state index is 0.115. The summed E-state index contributed by atoms with van der Waals surface area (Å²) >= 11 is 0. The monoisotopic (exact) mass is 334 g/mol. The van der Waals surface area contributed by atoms with E-state index in [1.807, 2.05) is 56.4 Å². The predicted octanol–water partition coefficient (Wildman–Crippen LogP) is 2.86. The zero-order chi connectivity index (χ0) is 17.4. The summed E-state index contributed by atoms with van der Waals surface area (Å²) < 4.78 is 1.70. The van der Waals surface area contributed by atoms with Crippen molar-refractivity contribution in [3.63, 3.8) is 0 Å². The van der Waals surface area contributed by atoms with Crippen LogP contribution in [0.2, 0.25) is 0 Å². The van der Waals surface area contributed by atoms with Gasteiger partial charge in [-0.2, -0.15) is 10.1 Å². The van der Waals surface area contributed by atoms with Crippen molar-refractivity contribution in [1.29, 1.82) is 0 Å². The number of para-hydroxylation sites is 1. The summed E-state index contributed by atoms with van der Waals surface area (Å²) in [6.45, 7) is 3.83. The van der Waals surface area contributed by atoms with E-state index < -0.39 is 5.92 Å². The highest BCUT2D eigenvalue weighted by Crippen LogP contribution is 2.34. The molecular weight excluding hydrogens is 316 g/mol. The first kappa shape index (κ1) is 15.3. The average molecular weight is 334 g/mol. The number of fused-ring (bicyclic) bond motifs is 1. The van der Waals surface area contributed by atoms with Gasteiger partial charge in [-0.05, 0) is 37.6 Å². The Kier molecular flexibility index (Phi) is 3.68. The molecule has 1 aliphatic heterocycles. The quantitative estimate of drug-likeness (QED) is 0.772. The van der Waals surface area contributed by atoms with E-state index in [1.54, 1.807) is 4.68 Å². The van der Waals surface area contributed by atoms with Crippen LogP contribution in [0.15, 0.2) is 53.9 Å². The molecule has 7 nitrogen and oxygen atoms in total. The lowest BCUT2D eigenvalue weighted by atomic mass is 9.90. The van der Waals surface area contributed by atoms with Crippen molar-refractivity contribution in [2.75, 3.05) is 5.32 Å². The Balaban J connectivity index is 1.74. The summed E-state index contributed by atoms with van der Waals surface area (Å²) in [5.74, 6) is -0.0826. The molecule has 2 N–H and O–H groups in total. The molecule has 0 saturated heterocycles. The molecule has 0 spiro atoms. The number of benzene rings is 1. The lowest BCUT2D eigenvalue weighted by Gasteiger charge is -2.29. The molecule has 0 aliphatic carbocycles. The molecular formula is C18H18N6O. The van der Waals surface area contributed by atoms with Crippen molar-refractivity contribution in [3.8, 4) is 0 Å². The molecule has 1 amide bonds. The molecule has 126 valence electrons. The molecule has 2 unspecified atom stereocenters. The molecule has 2 atom stereocenters. The molecule has 1 aromatic carbocycles. The number of aromatic nitrogens is 4. The molecule has 7 heteroatoms. The Morgan fingerprint density at radius 2 is 2.04 bits per heavy atom. The lowest BCUT2D eigenvalue weighted by molar-refractivity contribution is -0.118. The number of hydrogen-bond acceptors (Lipinski definition) is 4. The zero-order valence-corrected chi connectivity index (χ0v) is 14.0. The lowest BCUT2D eigenvalue weighted by Crippen LogP contribution is -2.39. The third-order valence-corrected chi connectivity index (χ3v) is 4.49. The van der Waals surface area contributed by atoms with E-state index in [-0.39, 0.29) is 11.9 Å². The summed E-state index contributed by atoms with van der Waals surface area (Å²) in [6, 6.07) is 11.3. The van der Waals surface area contributed by atoms with Crippen LogP contribution in [-0.4, -0.2) is 31.4 Å². The minimum Gasteiger partial charge on any atom is -0.363 e. The van der Waals surface area contributed by atoms with Gasteiger partial charge in [-0.15, -0.1) is 0 Å². The van der Waals surface area contributed by atoms with E-state index >= 15 is 0 Å². The van der Waals surface area contributed by atoms with Crippen molar-refractivity contribution < 1.29 is 4.79 Å². The summed E-state index contributed by atoms with van der Waals surface area (Å²) in [4.78, 5) is 24.9. The number of aryl methyl sites for hydroxylation is 1. The molecule has 0 radical (unpaired) electrons. The minimum atomic E-state index is -0.479. The third-order valence-electron chi connectivity index (χ3n) is 4.49. The number of nitrogens with zero attached hydrogens (tertiary/aromatic N) is 4. The molecule has 0 bridgehead atoms. The van der Waals surface area contributed by atoms with Gasteiger partial charge in [0.15, 0.2) is 0 Å². The van der Waals surface area contributed by atoms with E-state index in [4.69, 9.17) is 0 Å². The standard InChI is InChI=1S/C18H18N6O/c1-11-6-3-4-7-13(11)23-17(25)15-12(2)22-18-20-10-21-24(18)16(15)14-8-5-9-19-14/h3-10,15-16,19H,1-2H3,(H,23,25). The number of rotatable bonds is 3. The maximum atomic E-state index is 13.1. The highest BCUT2D eigenvalue weighted by molar-refractivity contribution is 6.10. The number of nitrogens with one attached hydrogen (secondary N) is 2. The van der Waals surface area contributed by atoms with E-state index in [2.05, 4.69) is 25.4 Å². The molecule has 1 aliphatic rings. The summed E-state index contributed by atoms with van der Waals surface area (Å²) in [5, 5.41) is 7.31. The van der Waals surface area contributed by atoms with E-state index in [0.29, 0.717) is 11.7 Å². The van der Waals surface area contributed by atoms with Crippen LogP contribution >= 0.6 is 0 Å². The fourth-order valence-electron chi connectivity index (χ4n) is 3.21. The third kappa shape index (κ3) is 2.63. The maximum Gasteiger partial charge on any atom is 0.248 e. The van der Waals surface area contributed by atoms with Gasteiger partial charge in [0.05, 0.1) is 0 Å². The van der Waals surface area contributed by atoms with Crippen molar-refractivity contribution in [3.05, 3.63) is 60.2 Å². The van der Waals surface area contributed by atoms with Crippen LogP contribution in [0.3, 0.4) is 0 Å². The number of H-pyrrole nitrogens is 1. The van der Waals surface area contributed by atoms with Crippen LogP contribution in [-0.2, 0) is 4.79 Å². The molecule has 4 rings (SSSR count). The molecule has 3 heterocycles. The van der Waals surface area contributed by atoms with Crippen LogP contribution in [0.4, 0.5) is 11.6 Å². The summed E-state index contributed by atoms with van der Waals surface area (Å²) in [7, 11) is 0. The molecule has 3 aromatic rings. The maximum absolute atomic E-state index is 13.1. The van der Waals surface area contributed by atoms with Crippen LogP contribution in [0.5, 0.6) is 0 Å². The summed E-state index contributed by atoms with van der Waals surface area (Å²) in [6.07, 6.45) is 3.30. The number of carbonyl (C=O) groups is 1. The highest BCUT2D eigenvalue weighted by atomic mass is 16.2. The first-order valence-corrected chi connectivity index (χ1v) is 8.09. The fraction of sp³-hybridized carbons (Fsp3) is 0.222. The fourth-order valence-corrected chi connectivity index (χ4v) is 3.21. The number of amides is 1. The van der Waals surface area contributed by atoms with Gasteiger partial charge in [-0.25, -0.2) is 9.67 Å². The number of hydrogen-bond donors (Lipinski definition) is 2. The highest BCUT2D eigenvalue weighted by Gasteiger charge is 2.39. The van der Waals surface area contributed by atoms with Crippen LogP contribution in [0.25, 0.3) is 0 Å². The van der Waals surface area contributed by atoms with Gasteiger partial charge in [0.25, 0.3) is 0 Å². The largest absolute Gasteiger partial charge is 0.363 e. The SMILES string of the molecule is CC1=Nc2ncnn2C(c2ccc[nH]2)C1C(=O)Nc1ccccc1C. The first-order chi connectivity index (χ1) is 12.1. The van der Waals surface area contributed by atoms with Gasteiger partial charge in [-0.3, -0.25) is 4.79 Å². The number of aromatic amines is 1. The molecule has 2 aromatic heterocycles. The van der Waals surface area contributed by atoms with Crippen LogP contribution < -0.4 is 5.32 Å². The number of aliphatic imine (C=N–C) groups is 1. The number of anilines is 1. The van der Waals surface area contributed by atoms with Crippen molar-refractivity contribution in [1.82, 2.24) is 19.7 Å². The van der Waals surface area contributed by atoms with Crippen molar-refractivity contribution in [2.45, 2.75) is 19.9 Å². The topological polar surface area (TPSA) is 88.0 Å².